The van der Waals surface area contributed by atoms with Gasteiger partial charge in [-0.25, -0.2) is 9.18 Å². The zero-order chi connectivity index (χ0) is 17.3. The molecule has 1 heterocycles. The quantitative estimate of drug-likeness (QED) is 0.792. The van der Waals surface area contributed by atoms with Crippen molar-refractivity contribution in [1.82, 2.24) is 9.13 Å². The molecule has 0 bridgehead atoms. The van der Waals surface area contributed by atoms with E-state index in [2.05, 4.69) is 5.32 Å². The van der Waals surface area contributed by atoms with E-state index < -0.39 is 23.0 Å². The first-order valence-corrected chi connectivity index (χ1v) is 7.21. The summed E-state index contributed by atoms with van der Waals surface area (Å²) >= 11 is 0. The van der Waals surface area contributed by atoms with Gasteiger partial charge in [-0.2, -0.15) is 0 Å². The first-order chi connectivity index (χ1) is 11.5. The van der Waals surface area contributed by atoms with E-state index in [1.54, 1.807) is 24.3 Å². The number of rotatable bonds is 3. The third-order valence-electron chi connectivity index (χ3n) is 3.68. The van der Waals surface area contributed by atoms with E-state index in [0.29, 0.717) is 16.6 Å². The highest BCUT2D eigenvalue weighted by Gasteiger charge is 2.13. The van der Waals surface area contributed by atoms with E-state index in [9.17, 15) is 18.8 Å². The summed E-state index contributed by atoms with van der Waals surface area (Å²) in [5.41, 5.74) is -0.179. The van der Waals surface area contributed by atoms with Gasteiger partial charge >= 0.3 is 5.69 Å². The van der Waals surface area contributed by atoms with Gasteiger partial charge < -0.3 is 5.32 Å². The third kappa shape index (κ3) is 2.83. The van der Waals surface area contributed by atoms with Crippen LogP contribution in [0.2, 0.25) is 0 Å². The first-order valence-electron chi connectivity index (χ1n) is 7.21. The largest absolute Gasteiger partial charge is 0.331 e. The molecule has 1 N–H and O–H groups in total. The minimum Gasteiger partial charge on any atom is -0.325 e. The summed E-state index contributed by atoms with van der Waals surface area (Å²) in [6.07, 6.45) is 0. The fourth-order valence-corrected chi connectivity index (χ4v) is 2.47. The van der Waals surface area contributed by atoms with Crippen LogP contribution in [0, 0.1) is 5.82 Å². The maximum absolute atomic E-state index is 12.9. The predicted octanol–water partition coefficient (Wildman–Crippen LogP) is 1.48. The van der Waals surface area contributed by atoms with Crippen molar-refractivity contribution in [3.05, 3.63) is 75.2 Å². The number of benzene rings is 2. The fraction of sp³-hybridized carbons (Fsp3) is 0.118. The standard InChI is InChI=1S/C17H14FN3O3/c1-20-16(23)13-4-2-3-5-14(13)21(17(20)24)10-15(22)19-12-8-6-11(18)7-9-12/h2-9H,10H2,1H3,(H,19,22). The number of nitrogens with one attached hydrogen (secondary N) is 1. The zero-order valence-electron chi connectivity index (χ0n) is 12.8. The zero-order valence-corrected chi connectivity index (χ0v) is 12.8. The molecular formula is C17H14FN3O3. The number of anilines is 1. The normalized spacial score (nSPS) is 10.8. The molecule has 0 spiro atoms. The monoisotopic (exact) mass is 327 g/mol. The lowest BCUT2D eigenvalue weighted by atomic mass is 10.2. The molecule has 3 rings (SSSR count). The molecule has 1 aromatic heterocycles. The molecule has 0 aliphatic carbocycles. The minimum atomic E-state index is -0.576. The molecule has 0 radical (unpaired) electrons. The van der Waals surface area contributed by atoms with Crippen molar-refractivity contribution in [1.29, 1.82) is 0 Å². The van der Waals surface area contributed by atoms with Crippen molar-refractivity contribution in [2.75, 3.05) is 5.32 Å². The summed E-state index contributed by atoms with van der Waals surface area (Å²) < 4.78 is 15.1. The minimum absolute atomic E-state index is 0.259. The Balaban J connectivity index is 1.98. The van der Waals surface area contributed by atoms with E-state index in [1.807, 2.05) is 0 Å². The average molecular weight is 327 g/mol. The Bertz CT molecular complexity index is 1040. The van der Waals surface area contributed by atoms with E-state index >= 15 is 0 Å². The Kier molecular flexibility index (Phi) is 3.99. The molecule has 0 saturated heterocycles. The summed E-state index contributed by atoms with van der Waals surface area (Å²) in [5, 5.41) is 2.95. The lowest BCUT2D eigenvalue weighted by Crippen LogP contribution is -2.40. The van der Waals surface area contributed by atoms with E-state index in [4.69, 9.17) is 0 Å². The van der Waals surface area contributed by atoms with Gasteiger partial charge in [0, 0.05) is 12.7 Å². The van der Waals surface area contributed by atoms with Crippen molar-refractivity contribution in [2.45, 2.75) is 6.54 Å². The van der Waals surface area contributed by atoms with Crippen LogP contribution in [0.3, 0.4) is 0 Å². The number of aromatic nitrogens is 2. The topological polar surface area (TPSA) is 73.1 Å². The second kappa shape index (κ2) is 6.11. The lowest BCUT2D eigenvalue weighted by Gasteiger charge is -2.12. The molecule has 122 valence electrons. The Labute approximate surface area is 135 Å². The highest BCUT2D eigenvalue weighted by Crippen LogP contribution is 2.10. The van der Waals surface area contributed by atoms with E-state index in [1.165, 1.54) is 35.9 Å². The number of amides is 1. The number of hydrogen-bond acceptors (Lipinski definition) is 3. The Morgan fingerprint density at radius 1 is 1.08 bits per heavy atom. The number of carbonyl (C=O) groups is 1. The number of hydrogen-bond donors (Lipinski definition) is 1. The maximum atomic E-state index is 12.9. The lowest BCUT2D eigenvalue weighted by molar-refractivity contribution is -0.116. The van der Waals surface area contributed by atoms with Gasteiger partial charge in [0.2, 0.25) is 5.91 Å². The Morgan fingerprint density at radius 3 is 2.46 bits per heavy atom. The van der Waals surface area contributed by atoms with E-state index in [-0.39, 0.29) is 6.54 Å². The molecule has 0 unspecified atom stereocenters. The highest BCUT2D eigenvalue weighted by atomic mass is 19.1. The molecule has 0 fully saturated rings. The molecule has 0 aliphatic rings. The van der Waals surface area contributed by atoms with Crippen LogP contribution in [0.5, 0.6) is 0 Å². The first kappa shape index (κ1) is 15.7. The molecule has 0 atom stereocenters. The number of fused-ring (bicyclic) bond motifs is 1. The van der Waals surface area contributed by atoms with Crippen molar-refractivity contribution in [2.24, 2.45) is 7.05 Å². The second-order valence-electron chi connectivity index (χ2n) is 5.31. The number of nitrogens with zero attached hydrogens (tertiary/aromatic N) is 2. The molecule has 0 aliphatic heterocycles. The van der Waals surface area contributed by atoms with Gasteiger partial charge in [0.05, 0.1) is 10.9 Å². The van der Waals surface area contributed by atoms with Gasteiger partial charge in [0.15, 0.2) is 0 Å². The Hall–Kier alpha value is -3.22. The summed E-state index contributed by atoms with van der Waals surface area (Å²) in [5.74, 6) is -0.860. The van der Waals surface area contributed by atoms with Gasteiger partial charge in [0.25, 0.3) is 5.56 Å². The number of halogens is 1. The summed E-state index contributed by atoms with van der Waals surface area (Å²) in [4.78, 5) is 36.7. The Morgan fingerprint density at radius 2 is 1.75 bits per heavy atom. The highest BCUT2D eigenvalue weighted by molar-refractivity contribution is 5.91. The summed E-state index contributed by atoms with van der Waals surface area (Å²) in [6.45, 7) is -0.259. The SMILES string of the molecule is Cn1c(=O)c2ccccc2n(CC(=O)Nc2ccc(F)cc2)c1=O. The van der Waals surface area contributed by atoms with Crippen LogP contribution in [0.4, 0.5) is 10.1 Å². The molecule has 24 heavy (non-hydrogen) atoms. The molecule has 2 aromatic carbocycles. The second-order valence-corrected chi connectivity index (χ2v) is 5.31. The molecular weight excluding hydrogens is 313 g/mol. The summed E-state index contributed by atoms with van der Waals surface area (Å²) in [6, 6.07) is 11.9. The molecule has 0 saturated carbocycles. The van der Waals surface area contributed by atoms with Crippen LogP contribution in [0.15, 0.2) is 58.1 Å². The smallest absolute Gasteiger partial charge is 0.325 e. The van der Waals surface area contributed by atoms with Gasteiger partial charge in [-0.05, 0) is 36.4 Å². The fourth-order valence-electron chi connectivity index (χ4n) is 2.47. The van der Waals surface area contributed by atoms with Crippen LogP contribution in [-0.2, 0) is 18.4 Å². The molecule has 3 aromatic rings. The van der Waals surface area contributed by atoms with Crippen LogP contribution in [0.1, 0.15) is 0 Å². The number of para-hydroxylation sites is 1. The van der Waals surface area contributed by atoms with Gasteiger partial charge in [-0.15, -0.1) is 0 Å². The average Bonchev–Trinajstić information content (AvgIpc) is 2.59. The van der Waals surface area contributed by atoms with Gasteiger partial charge in [0.1, 0.15) is 12.4 Å². The predicted molar refractivity (Wildman–Crippen MR) is 88.5 cm³/mol. The van der Waals surface area contributed by atoms with Gasteiger partial charge in [-0.3, -0.25) is 18.7 Å². The molecule has 1 amide bonds. The van der Waals surface area contributed by atoms with Crippen molar-refractivity contribution in [3.63, 3.8) is 0 Å². The van der Waals surface area contributed by atoms with Gasteiger partial charge in [-0.1, -0.05) is 12.1 Å². The van der Waals surface area contributed by atoms with E-state index in [0.717, 1.165) is 4.57 Å². The molecule has 7 heteroatoms. The third-order valence-corrected chi connectivity index (χ3v) is 3.68. The summed E-state index contributed by atoms with van der Waals surface area (Å²) in [7, 11) is 1.37. The van der Waals surface area contributed by atoms with Crippen LogP contribution in [-0.4, -0.2) is 15.0 Å². The van der Waals surface area contributed by atoms with Crippen molar-refractivity contribution in [3.8, 4) is 0 Å². The number of carbonyl (C=O) groups excluding carboxylic acids is 1. The van der Waals surface area contributed by atoms with Crippen LogP contribution < -0.4 is 16.6 Å². The van der Waals surface area contributed by atoms with Crippen molar-refractivity contribution >= 4 is 22.5 Å². The maximum Gasteiger partial charge on any atom is 0.331 e. The van der Waals surface area contributed by atoms with Crippen LogP contribution in [0.25, 0.3) is 10.9 Å². The van der Waals surface area contributed by atoms with Crippen molar-refractivity contribution < 1.29 is 9.18 Å². The van der Waals surface area contributed by atoms with Crippen LogP contribution >= 0.6 is 0 Å². The molecule has 6 nitrogen and oxygen atoms in total.